The molecule has 164 valence electrons. The molecule has 3 fully saturated rings. The Morgan fingerprint density at radius 1 is 1.31 bits per heavy atom. The topological polar surface area (TPSA) is 129 Å². The highest BCUT2D eigenvalue weighted by molar-refractivity contribution is 7.90. The summed E-state index contributed by atoms with van der Waals surface area (Å²) in [5.74, 6) is -1.64. The molecule has 0 unspecified atom stereocenters. The fraction of sp³-hybridized carbons (Fsp3) is 0.800. The molecule has 2 N–H and O–H groups in total. The number of sulfonamides is 1. The van der Waals surface area contributed by atoms with E-state index in [1.165, 1.54) is 0 Å². The summed E-state index contributed by atoms with van der Waals surface area (Å²) < 4.78 is 64.7. The molecule has 2 heterocycles. The number of hydrogen-bond donors (Lipinski definition) is 2. The van der Waals surface area contributed by atoms with Crippen LogP contribution in [-0.4, -0.2) is 68.0 Å². The molecule has 0 radical (unpaired) electrons. The lowest BCUT2D eigenvalue weighted by Crippen LogP contribution is -2.54. The van der Waals surface area contributed by atoms with Crippen LogP contribution in [0.2, 0.25) is 0 Å². The van der Waals surface area contributed by atoms with Gasteiger partial charge in [0, 0.05) is 12.6 Å². The first-order valence-electron chi connectivity index (χ1n) is 8.73. The van der Waals surface area contributed by atoms with E-state index in [0.29, 0.717) is 25.8 Å². The maximum atomic E-state index is 12.7. The predicted octanol–water partition coefficient (Wildman–Crippen LogP) is 0.0242. The standard InChI is InChI=1S/C15H19F3N4O5S.ClH/c16-15(17,18)28(25,26)21-12(23)7-27-11-5-8-4-10(11)20-13(8)14(24)22-3-1-2-9(22)6-19;/h8-11,13,20H,1-5,7H2,(H,21,23);1H/t8-,9+,10+,11-,13+;/m1./s1. The van der Waals surface area contributed by atoms with Crippen LogP contribution in [0.3, 0.4) is 0 Å². The number of nitrogens with zero attached hydrogens (tertiary/aromatic N) is 2. The molecule has 9 nitrogen and oxygen atoms in total. The second kappa shape index (κ2) is 8.63. The SMILES string of the molecule is Cl.N#C[C@@H]1CCCN1C(=O)[C@H]1N[C@H]2C[C@@H]1C[C@H]2OCC(=O)NS(=O)(=O)C(F)(F)F. The van der Waals surface area contributed by atoms with Crippen LogP contribution < -0.4 is 10.0 Å². The van der Waals surface area contributed by atoms with Crippen molar-refractivity contribution in [3.8, 4) is 6.07 Å². The fourth-order valence-corrected chi connectivity index (χ4v) is 4.55. The van der Waals surface area contributed by atoms with Crippen molar-refractivity contribution in [2.24, 2.45) is 5.92 Å². The zero-order valence-corrected chi connectivity index (χ0v) is 16.6. The highest BCUT2D eigenvalue weighted by Crippen LogP contribution is 2.38. The van der Waals surface area contributed by atoms with Gasteiger partial charge in [-0.05, 0) is 31.6 Å². The Kier molecular flexibility index (Phi) is 7.04. The first-order chi connectivity index (χ1) is 13.0. The van der Waals surface area contributed by atoms with Gasteiger partial charge in [0.2, 0.25) is 5.91 Å². The third kappa shape index (κ3) is 4.76. The molecule has 0 spiro atoms. The normalized spacial score (nSPS) is 31.2. The van der Waals surface area contributed by atoms with E-state index < -0.39 is 46.2 Å². The predicted molar refractivity (Wildman–Crippen MR) is 93.9 cm³/mol. The maximum Gasteiger partial charge on any atom is 0.516 e. The fourth-order valence-electron chi connectivity index (χ4n) is 4.07. The van der Waals surface area contributed by atoms with Crippen LogP contribution >= 0.6 is 12.4 Å². The van der Waals surface area contributed by atoms with Gasteiger partial charge in [0.1, 0.15) is 12.6 Å². The van der Waals surface area contributed by atoms with Crippen molar-refractivity contribution in [2.75, 3.05) is 13.2 Å². The summed E-state index contributed by atoms with van der Waals surface area (Å²) in [4.78, 5) is 25.7. The van der Waals surface area contributed by atoms with Crippen LogP contribution in [0, 0.1) is 17.2 Å². The van der Waals surface area contributed by atoms with E-state index in [4.69, 9.17) is 10.00 Å². The zero-order chi connectivity index (χ0) is 20.7. The van der Waals surface area contributed by atoms with Crippen LogP contribution in [0.15, 0.2) is 0 Å². The summed E-state index contributed by atoms with van der Waals surface area (Å²) >= 11 is 0. The number of rotatable bonds is 5. The molecule has 1 saturated carbocycles. The lowest BCUT2D eigenvalue weighted by Gasteiger charge is -2.32. The molecule has 3 rings (SSSR count). The number of nitriles is 1. The summed E-state index contributed by atoms with van der Waals surface area (Å²) in [6.45, 7) is -0.313. The van der Waals surface area contributed by atoms with Crippen LogP contribution in [0.1, 0.15) is 25.7 Å². The zero-order valence-electron chi connectivity index (χ0n) is 15.0. The molecular weight excluding hydrogens is 441 g/mol. The van der Waals surface area contributed by atoms with Crippen molar-refractivity contribution >= 4 is 34.2 Å². The monoisotopic (exact) mass is 460 g/mol. The first kappa shape index (κ1) is 23.7. The molecule has 5 atom stereocenters. The molecule has 0 aromatic rings. The van der Waals surface area contributed by atoms with Crippen LogP contribution in [0.4, 0.5) is 13.2 Å². The Balaban J connectivity index is 0.00000300. The van der Waals surface area contributed by atoms with Crippen molar-refractivity contribution in [2.45, 2.75) is 55.4 Å². The smallest absolute Gasteiger partial charge is 0.367 e. The van der Waals surface area contributed by atoms with Gasteiger partial charge in [0.25, 0.3) is 5.91 Å². The molecule has 2 bridgehead atoms. The lowest BCUT2D eigenvalue weighted by molar-refractivity contribution is -0.136. The largest absolute Gasteiger partial charge is 0.516 e. The van der Waals surface area contributed by atoms with Crippen LogP contribution in [-0.2, 0) is 24.3 Å². The van der Waals surface area contributed by atoms with Crippen molar-refractivity contribution in [3.05, 3.63) is 0 Å². The summed E-state index contributed by atoms with van der Waals surface area (Å²) in [6, 6.07) is 0.952. The van der Waals surface area contributed by atoms with Gasteiger partial charge in [0.15, 0.2) is 0 Å². The molecular formula is C15H20ClF3N4O5S. The minimum Gasteiger partial charge on any atom is -0.367 e. The summed E-state index contributed by atoms with van der Waals surface area (Å²) in [5, 5.41) is 12.2. The van der Waals surface area contributed by atoms with Gasteiger partial charge in [-0.1, -0.05) is 0 Å². The van der Waals surface area contributed by atoms with E-state index in [0.717, 1.165) is 11.1 Å². The van der Waals surface area contributed by atoms with Crippen molar-refractivity contribution < 1.29 is 35.9 Å². The molecule has 0 aromatic carbocycles. The number of fused-ring (bicyclic) bond motifs is 2. The lowest BCUT2D eigenvalue weighted by atomic mass is 9.97. The third-order valence-corrected chi connectivity index (χ3v) is 6.44. The molecule has 2 saturated heterocycles. The molecule has 29 heavy (non-hydrogen) atoms. The van der Waals surface area contributed by atoms with Gasteiger partial charge >= 0.3 is 15.5 Å². The third-order valence-electron chi connectivity index (χ3n) is 5.34. The number of nitrogens with one attached hydrogen (secondary N) is 2. The minimum absolute atomic E-state index is 0. The molecule has 3 aliphatic rings. The Bertz CT molecular complexity index is 803. The van der Waals surface area contributed by atoms with E-state index in [-0.39, 0.29) is 30.3 Å². The quantitative estimate of drug-likeness (QED) is 0.592. The number of likely N-dealkylation sites (tertiary alicyclic amines) is 1. The average Bonchev–Trinajstić information content (AvgIpc) is 3.32. The Labute approximate surface area is 171 Å². The van der Waals surface area contributed by atoms with Gasteiger partial charge in [0.05, 0.1) is 18.2 Å². The van der Waals surface area contributed by atoms with Gasteiger partial charge in [-0.25, -0.2) is 4.72 Å². The molecule has 2 aliphatic heterocycles. The van der Waals surface area contributed by atoms with E-state index in [1.807, 2.05) is 0 Å². The number of ether oxygens (including phenoxy) is 1. The average molecular weight is 461 g/mol. The van der Waals surface area contributed by atoms with Crippen molar-refractivity contribution in [1.29, 1.82) is 5.26 Å². The second-order valence-electron chi connectivity index (χ2n) is 7.12. The summed E-state index contributed by atoms with van der Waals surface area (Å²) in [7, 11) is -5.76. The van der Waals surface area contributed by atoms with E-state index in [9.17, 15) is 31.2 Å². The number of amides is 2. The van der Waals surface area contributed by atoms with Crippen molar-refractivity contribution in [3.63, 3.8) is 0 Å². The van der Waals surface area contributed by atoms with E-state index >= 15 is 0 Å². The molecule has 0 aromatic heterocycles. The molecule has 1 aliphatic carbocycles. The second-order valence-corrected chi connectivity index (χ2v) is 8.80. The Morgan fingerprint density at radius 2 is 2.00 bits per heavy atom. The first-order valence-corrected chi connectivity index (χ1v) is 10.2. The van der Waals surface area contributed by atoms with Gasteiger partial charge in [-0.2, -0.15) is 26.9 Å². The molecule has 14 heteroatoms. The number of hydrogen-bond acceptors (Lipinski definition) is 7. The highest BCUT2D eigenvalue weighted by Gasteiger charge is 2.51. The number of piperidine rings is 1. The van der Waals surface area contributed by atoms with E-state index in [1.54, 1.807) is 4.90 Å². The number of carbonyl (C=O) groups is 2. The minimum atomic E-state index is -5.76. The van der Waals surface area contributed by atoms with Gasteiger partial charge in [-0.15, -0.1) is 12.4 Å². The van der Waals surface area contributed by atoms with Gasteiger partial charge < -0.3 is 15.0 Å². The number of alkyl halides is 3. The molecule has 2 amide bonds. The van der Waals surface area contributed by atoms with E-state index in [2.05, 4.69) is 11.4 Å². The highest BCUT2D eigenvalue weighted by atomic mass is 35.5. The Hall–Kier alpha value is -1.62. The maximum absolute atomic E-state index is 12.7. The Morgan fingerprint density at radius 3 is 2.55 bits per heavy atom. The van der Waals surface area contributed by atoms with Crippen LogP contribution in [0.5, 0.6) is 0 Å². The number of halogens is 4. The van der Waals surface area contributed by atoms with Crippen LogP contribution in [0.25, 0.3) is 0 Å². The summed E-state index contributed by atoms with van der Waals surface area (Å²) in [6.07, 6.45) is 1.91. The van der Waals surface area contributed by atoms with Gasteiger partial charge in [-0.3, -0.25) is 9.59 Å². The summed E-state index contributed by atoms with van der Waals surface area (Å²) in [5.41, 5.74) is -5.58. The number of carbonyl (C=O) groups excluding carboxylic acids is 2. The van der Waals surface area contributed by atoms with Crippen molar-refractivity contribution in [1.82, 2.24) is 14.9 Å².